The van der Waals surface area contributed by atoms with Gasteiger partial charge in [-0.25, -0.2) is 0 Å². The monoisotopic (exact) mass is 730 g/mol. The van der Waals surface area contributed by atoms with Crippen LogP contribution in [0, 0.1) is 12.3 Å². The molecular formula is C37H48Cl2N4O7. The largest absolute Gasteiger partial charge is 0.493 e. The molecule has 3 aromatic rings. The molecule has 2 aliphatic rings. The molecule has 2 saturated heterocycles. The van der Waals surface area contributed by atoms with E-state index in [0.29, 0.717) is 53.2 Å². The zero-order chi connectivity index (χ0) is 35.6. The van der Waals surface area contributed by atoms with Crippen molar-refractivity contribution in [3.05, 3.63) is 75.3 Å². The van der Waals surface area contributed by atoms with E-state index in [1.165, 1.54) is 0 Å². The van der Waals surface area contributed by atoms with Crippen molar-refractivity contribution >= 4 is 29.0 Å². The van der Waals surface area contributed by atoms with Gasteiger partial charge in [-0.05, 0) is 49.4 Å². The van der Waals surface area contributed by atoms with Crippen LogP contribution >= 0.6 is 23.2 Å². The second-order valence-corrected chi connectivity index (χ2v) is 13.7. The fraction of sp³-hybridized carbons (Fsp3) is 0.486. The summed E-state index contributed by atoms with van der Waals surface area (Å²) < 4.78 is 18.5. The number of rotatable bonds is 17. The lowest BCUT2D eigenvalue weighted by Gasteiger charge is -2.21. The highest BCUT2D eigenvalue weighted by molar-refractivity contribution is 6.34. The fourth-order valence-electron chi connectivity index (χ4n) is 6.23. The first kappa shape index (κ1) is 38.1. The average Bonchev–Trinajstić information content (AvgIpc) is 3.74. The second-order valence-electron chi connectivity index (χ2n) is 12.9. The summed E-state index contributed by atoms with van der Waals surface area (Å²) >= 11 is 13.7. The van der Waals surface area contributed by atoms with E-state index in [1.807, 2.05) is 43.3 Å². The molecule has 0 spiro atoms. The van der Waals surface area contributed by atoms with Crippen molar-refractivity contribution in [3.8, 4) is 28.4 Å². The molecule has 2 fully saturated rings. The van der Waals surface area contributed by atoms with Crippen LogP contribution in [0.25, 0.3) is 11.1 Å². The van der Waals surface area contributed by atoms with E-state index >= 15 is 0 Å². The third-order valence-corrected chi connectivity index (χ3v) is 9.95. The molecule has 50 heavy (non-hydrogen) atoms. The number of ether oxygens (including phenoxy) is 3. The SMILES string of the molecule is Cc1c(OCCCN2CC[C@@H](O)C2)cccc1-c1cccc(COc2cc(OCC(=N)N3CC[C@@H](O)C3)c(CNC(CO)CO)cc2Cl)c1Cl. The number of nitrogens with zero attached hydrogens (tertiary/aromatic N) is 2. The molecule has 0 bridgehead atoms. The number of amidine groups is 1. The van der Waals surface area contributed by atoms with Gasteiger partial charge < -0.3 is 49.8 Å². The molecule has 0 aliphatic carbocycles. The van der Waals surface area contributed by atoms with Crippen molar-refractivity contribution in [2.75, 3.05) is 59.2 Å². The van der Waals surface area contributed by atoms with Crippen molar-refractivity contribution < 1.29 is 34.6 Å². The first-order valence-corrected chi connectivity index (χ1v) is 17.9. The average molecular weight is 732 g/mol. The van der Waals surface area contributed by atoms with Crippen molar-refractivity contribution in [2.45, 2.75) is 57.6 Å². The number of aliphatic hydroxyl groups is 4. The molecule has 2 aliphatic heterocycles. The highest BCUT2D eigenvalue weighted by atomic mass is 35.5. The van der Waals surface area contributed by atoms with Crippen LogP contribution in [0.3, 0.4) is 0 Å². The predicted octanol–water partition coefficient (Wildman–Crippen LogP) is 4.25. The molecule has 6 N–H and O–H groups in total. The van der Waals surface area contributed by atoms with Crippen LogP contribution < -0.4 is 19.5 Å². The molecule has 0 saturated carbocycles. The number of halogens is 2. The fourth-order valence-corrected chi connectivity index (χ4v) is 6.75. The van der Waals surface area contributed by atoms with Gasteiger partial charge in [0.05, 0.1) is 48.1 Å². The number of hydrogen-bond donors (Lipinski definition) is 6. The minimum absolute atomic E-state index is 0.0250. The van der Waals surface area contributed by atoms with Crippen LogP contribution in [-0.4, -0.2) is 113 Å². The van der Waals surface area contributed by atoms with Gasteiger partial charge in [-0.1, -0.05) is 53.5 Å². The summed E-state index contributed by atoms with van der Waals surface area (Å²) in [4.78, 5) is 4.04. The summed E-state index contributed by atoms with van der Waals surface area (Å²) in [6.07, 6.45) is 1.62. The summed E-state index contributed by atoms with van der Waals surface area (Å²) in [6.45, 7) is 5.97. The van der Waals surface area contributed by atoms with Crippen LogP contribution in [0.2, 0.25) is 10.0 Å². The standard InChI is InChI=1S/C37H48Cl2N4O7/c1-24-30(6-3-8-33(24)48-14-4-11-42-12-9-28(46)18-42)31-7-2-5-25(37(31)39)22-49-35-16-34(50-23-36(40)43-13-10-29(47)19-43)26(15-32(35)38)17-41-27(20-44)21-45/h2-3,5-8,15-16,27-29,40-41,44-47H,4,9-14,17-23H2,1H3/t28-,29-/m1/s1. The maximum absolute atomic E-state index is 9.89. The summed E-state index contributed by atoms with van der Waals surface area (Å²) in [5.41, 5.74) is 4.22. The maximum atomic E-state index is 9.89. The number of β-amino-alcohol motifs (C(OH)–C–C–N with tert-alkyl or cyclic N) is 2. The molecule has 5 rings (SSSR count). The van der Waals surface area contributed by atoms with E-state index in [4.69, 9.17) is 42.8 Å². The van der Waals surface area contributed by atoms with E-state index in [9.17, 15) is 20.4 Å². The Morgan fingerprint density at radius 1 is 0.900 bits per heavy atom. The molecule has 11 nitrogen and oxygen atoms in total. The highest BCUT2D eigenvalue weighted by Gasteiger charge is 2.24. The molecule has 13 heteroatoms. The Bertz CT molecular complexity index is 1590. The van der Waals surface area contributed by atoms with E-state index in [-0.39, 0.29) is 44.9 Å². The first-order chi connectivity index (χ1) is 24.2. The van der Waals surface area contributed by atoms with Crippen molar-refractivity contribution in [3.63, 3.8) is 0 Å². The minimum Gasteiger partial charge on any atom is -0.493 e. The third-order valence-electron chi connectivity index (χ3n) is 9.21. The van der Waals surface area contributed by atoms with Gasteiger partial charge in [0.2, 0.25) is 0 Å². The Kier molecular flexibility index (Phi) is 14.0. The van der Waals surface area contributed by atoms with Crippen molar-refractivity contribution in [1.82, 2.24) is 15.1 Å². The molecule has 2 heterocycles. The summed E-state index contributed by atoms with van der Waals surface area (Å²) in [5.74, 6) is 1.85. The second kappa shape index (κ2) is 18.4. The number of likely N-dealkylation sites (tertiary alicyclic amines) is 2. The third kappa shape index (κ3) is 10.0. The Hall–Kier alpha value is -3.13. The Balaban J connectivity index is 1.27. The Morgan fingerprint density at radius 2 is 1.64 bits per heavy atom. The Labute approximate surface area is 303 Å². The highest BCUT2D eigenvalue weighted by Crippen LogP contribution is 2.38. The minimum atomic E-state index is -0.525. The van der Waals surface area contributed by atoms with Crippen molar-refractivity contribution in [1.29, 1.82) is 5.41 Å². The molecule has 0 aromatic heterocycles. The van der Waals surface area contributed by atoms with Gasteiger partial charge >= 0.3 is 0 Å². The molecule has 272 valence electrons. The molecular weight excluding hydrogens is 683 g/mol. The summed E-state index contributed by atoms with van der Waals surface area (Å²) in [5, 5.41) is 51.1. The van der Waals surface area contributed by atoms with Gasteiger partial charge in [0, 0.05) is 62.0 Å². The lowest BCUT2D eigenvalue weighted by Crippen LogP contribution is -2.35. The summed E-state index contributed by atoms with van der Waals surface area (Å²) in [7, 11) is 0. The quantitative estimate of drug-likeness (QED) is 0.0676. The van der Waals surface area contributed by atoms with Crippen molar-refractivity contribution in [2.24, 2.45) is 0 Å². The zero-order valence-electron chi connectivity index (χ0n) is 28.4. The molecule has 0 amide bonds. The van der Waals surface area contributed by atoms with Gasteiger partial charge in [-0.15, -0.1) is 0 Å². The molecule has 0 unspecified atom stereocenters. The number of hydrogen-bond acceptors (Lipinski definition) is 10. The number of aliphatic hydroxyl groups excluding tert-OH is 4. The van der Waals surface area contributed by atoms with E-state index in [1.54, 1.807) is 17.0 Å². The van der Waals surface area contributed by atoms with Crippen LogP contribution in [-0.2, 0) is 13.2 Å². The lowest BCUT2D eigenvalue weighted by molar-refractivity contribution is 0.170. The van der Waals surface area contributed by atoms with E-state index in [0.717, 1.165) is 60.5 Å². The van der Waals surface area contributed by atoms with Gasteiger partial charge in [0.25, 0.3) is 0 Å². The molecule has 2 atom stereocenters. The van der Waals surface area contributed by atoms with Gasteiger partial charge in [-0.3, -0.25) is 5.41 Å². The smallest absolute Gasteiger partial charge is 0.145 e. The van der Waals surface area contributed by atoms with Gasteiger partial charge in [0.15, 0.2) is 0 Å². The maximum Gasteiger partial charge on any atom is 0.145 e. The first-order valence-electron chi connectivity index (χ1n) is 17.1. The Morgan fingerprint density at radius 3 is 2.36 bits per heavy atom. The van der Waals surface area contributed by atoms with E-state index in [2.05, 4.69) is 10.2 Å². The van der Waals surface area contributed by atoms with Crippen LogP contribution in [0.1, 0.15) is 36.0 Å². The van der Waals surface area contributed by atoms with Gasteiger partial charge in [-0.2, -0.15) is 0 Å². The van der Waals surface area contributed by atoms with E-state index < -0.39 is 12.1 Å². The van der Waals surface area contributed by atoms with Crippen LogP contribution in [0.15, 0.2) is 48.5 Å². The topological polar surface area (TPSA) is 151 Å². The van der Waals surface area contributed by atoms with Gasteiger partial charge in [0.1, 0.15) is 36.3 Å². The number of benzene rings is 3. The van der Waals surface area contributed by atoms with Crippen LogP contribution in [0.5, 0.6) is 17.2 Å². The zero-order valence-corrected chi connectivity index (χ0v) is 29.9. The van der Waals surface area contributed by atoms with Crippen LogP contribution in [0.4, 0.5) is 0 Å². The predicted molar refractivity (Wildman–Crippen MR) is 195 cm³/mol. The lowest BCUT2D eigenvalue weighted by atomic mass is 9.98. The summed E-state index contributed by atoms with van der Waals surface area (Å²) in [6, 6.07) is 14.6. The number of nitrogens with one attached hydrogen (secondary N) is 2. The normalized spacial score (nSPS) is 17.9. The molecule has 3 aromatic carbocycles. The molecule has 0 radical (unpaired) electrons.